The summed E-state index contributed by atoms with van der Waals surface area (Å²) in [6.07, 6.45) is 9.91. The number of nitrogens with one attached hydrogen (secondary N) is 1. The highest BCUT2D eigenvalue weighted by atomic mass is 16.5. The Balaban J connectivity index is 1.44. The third kappa shape index (κ3) is 5.59. The molecule has 1 heterocycles. The van der Waals surface area contributed by atoms with E-state index >= 15 is 0 Å². The van der Waals surface area contributed by atoms with Crippen molar-refractivity contribution in [3.63, 3.8) is 0 Å². The molecule has 5 nitrogen and oxygen atoms in total. The molecule has 1 aliphatic rings. The lowest BCUT2D eigenvalue weighted by molar-refractivity contribution is -0.132. The average molecular weight is 370 g/mol. The van der Waals surface area contributed by atoms with Crippen molar-refractivity contribution in [1.29, 1.82) is 0 Å². The van der Waals surface area contributed by atoms with Crippen LogP contribution >= 0.6 is 0 Å². The second-order valence-electron chi connectivity index (χ2n) is 7.53. The highest BCUT2D eigenvalue weighted by Crippen LogP contribution is 2.22. The molecule has 1 saturated carbocycles. The number of rotatable bonds is 6. The van der Waals surface area contributed by atoms with Crippen molar-refractivity contribution < 1.29 is 9.53 Å². The number of fused-ring (bicyclic) bond motifs is 1. The predicted molar refractivity (Wildman–Crippen MR) is 108 cm³/mol. The Morgan fingerprint density at radius 3 is 2.63 bits per heavy atom. The van der Waals surface area contributed by atoms with Crippen molar-refractivity contribution >= 4 is 16.8 Å². The maximum absolute atomic E-state index is 12.5. The molecule has 1 fully saturated rings. The maximum atomic E-state index is 12.5. The first-order chi connectivity index (χ1) is 13.1. The summed E-state index contributed by atoms with van der Waals surface area (Å²) in [7, 11) is 1.96. The number of carbonyl (C=O) groups is 1. The lowest BCUT2D eigenvalue weighted by Crippen LogP contribution is -2.37. The van der Waals surface area contributed by atoms with Gasteiger partial charge < -0.3 is 14.6 Å². The fraction of sp³-hybridized carbons (Fsp3) is 0.545. The van der Waals surface area contributed by atoms with E-state index in [1.807, 2.05) is 30.1 Å². The minimum Gasteiger partial charge on any atom is -0.494 e. The van der Waals surface area contributed by atoms with Gasteiger partial charge in [0.15, 0.2) is 0 Å². The van der Waals surface area contributed by atoms with Crippen molar-refractivity contribution in [2.24, 2.45) is 0 Å². The van der Waals surface area contributed by atoms with Crippen LogP contribution in [0.25, 0.3) is 10.9 Å². The summed E-state index contributed by atoms with van der Waals surface area (Å²) in [5, 5.41) is 0.937. The van der Waals surface area contributed by atoms with E-state index < -0.39 is 0 Å². The van der Waals surface area contributed by atoms with Gasteiger partial charge in [0.2, 0.25) is 11.5 Å². The van der Waals surface area contributed by atoms with E-state index in [0.717, 1.165) is 29.5 Å². The Kier molecular flexibility index (Phi) is 6.91. The summed E-state index contributed by atoms with van der Waals surface area (Å²) in [6.45, 7) is 0.513. The molecule has 1 N–H and O–H groups in total. The van der Waals surface area contributed by atoms with E-state index in [1.54, 1.807) is 6.07 Å². The number of amides is 1. The molecule has 3 rings (SSSR count). The Bertz CT molecular complexity index is 807. The minimum absolute atomic E-state index is 0.108. The third-order valence-electron chi connectivity index (χ3n) is 5.51. The van der Waals surface area contributed by atoms with Crippen LogP contribution in [-0.4, -0.2) is 35.5 Å². The molecule has 5 heteroatoms. The van der Waals surface area contributed by atoms with Gasteiger partial charge in [0, 0.05) is 36.5 Å². The second kappa shape index (κ2) is 9.58. The van der Waals surface area contributed by atoms with Crippen molar-refractivity contribution in [2.45, 2.75) is 63.8 Å². The quantitative estimate of drug-likeness (QED) is 0.773. The van der Waals surface area contributed by atoms with Crippen LogP contribution in [0.1, 0.15) is 57.8 Å². The Hall–Kier alpha value is -2.30. The summed E-state index contributed by atoms with van der Waals surface area (Å²) in [6, 6.07) is 9.31. The van der Waals surface area contributed by atoms with Gasteiger partial charge in [0.25, 0.3) is 0 Å². The number of hydrogen-bond donors (Lipinski definition) is 1. The summed E-state index contributed by atoms with van der Waals surface area (Å²) < 4.78 is 5.79. The van der Waals surface area contributed by atoms with E-state index in [9.17, 15) is 9.59 Å². The molecule has 0 spiro atoms. The summed E-state index contributed by atoms with van der Waals surface area (Å²) in [5.74, 6) is 0.982. The van der Waals surface area contributed by atoms with Crippen LogP contribution < -0.4 is 10.3 Å². The molecule has 0 atom stereocenters. The molecular weight excluding hydrogens is 340 g/mol. The molecular formula is C22H30N2O3. The predicted octanol–water partition coefficient (Wildman–Crippen LogP) is 4.26. The second-order valence-corrected chi connectivity index (χ2v) is 7.53. The Morgan fingerprint density at radius 2 is 1.85 bits per heavy atom. The zero-order chi connectivity index (χ0) is 19.1. The molecule has 1 amide bonds. The molecule has 0 aliphatic heterocycles. The molecule has 0 radical (unpaired) electrons. The molecule has 0 bridgehead atoms. The number of H-pyrrole nitrogens is 1. The Morgan fingerprint density at radius 1 is 1.11 bits per heavy atom. The van der Waals surface area contributed by atoms with E-state index in [1.165, 1.54) is 38.2 Å². The van der Waals surface area contributed by atoms with Gasteiger partial charge in [0.05, 0.1) is 6.61 Å². The van der Waals surface area contributed by atoms with E-state index in [2.05, 4.69) is 4.98 Å². The first kappa shape index (κ1) is 19.5. The molecule has 1 aromatic heterocycles. The summed E-state index contributed by atoms with van der Waals surface area (Å²) in [4.78, 5) is 28.6. The van der Waals surface area contributed by atoms with Gasteiger partial charge in [-0.05, 0) is 43.5 Å². The van der Waals surface area contributed by atoms with E-state index in [4.69, 9.17) is 4.74 Å². The van der Waals surface area contributed by atoms with Gasteiger partial charge in [-0.1, -0.05) is 32.1 Å². The van der Waals surface area contributed by atoms with Crippen LogP contribution in [0.3, 0.4) is 0 Å². The number of nitrogens with zero attached hydrogens (tertiary/aromatic N) is 1. The fourth-order valence-corrected chi connectivity index (χ4v) is 3.84. The van der Waals surface area contributed by atoms with Crippen LogP contribution in [0.4, 0.5) is 0 Å². The van der Waals surface area contributed by atoms with Crippen molar-refractivity contribution in [3.05, 3.63) is 40.7 Å². The lowest BCUT2D eigenvalue weighted by Gasteiger charge is -2.30. The number of carbonyl (C=O) groups excluding carboxylic acids is 1. The summed E-state index contributed by atoms with van der Waals surface area (Å²) in [5.41, 5.74) is 0.689. The average Bonchev–Trinajstić information content (AvgIpc) is 2.64. The maximum Gasteiger partial charge on any atom is 0.248 e. The minimum atomic E-state index is -0.108. The molecule has 0 saturated heterocycles. The van der Waals surface area contributed by atoms with Crippen molar-refractivity contribution in [2.75, 3.05) is 13.7 Å². The van der Waals surface area contributed by atoms with Crippen LogP contribution in [-0.2, 0) is 4.79 Å². The van der Waals surface area contributed by atoms with E-state index in [0.29, 0.717) is 25.5 Å². The van der Waals surface area contributed by atoms with Gasteiger partial charge in [-0.15, -0.1) is 0 Å². The van der Waals surface area contributed by atoms with Crippen LogP contribution in [0.15, 0.2) is 35.1 Å². The molecule has 146 valence electrons. The standard InChI is InChI=1S/C22H30N2O3/c1-24(18-8-5-3-2-4-6-9-18)22(26)10-7-15-27-19-12-13-20-17(16-19)11-14-21(25)23-20/h11-14,16,18H,2-10,15H2,1H3,(H,23,25). The number of aromatic amines is 1. The van der Waals surface area contributed by atoms with Gasteiger partial charge in [-0.25, -0.2) is 0 Å². The van der Waals surface area contributed by atoms with Gasteiger partial charge in [-0.3, -0.25) is 9.59 Å². The van der Waals surface area contributed by atoms with Gasteiger partial charge in [-0.2, -0.15) is 0 Å². The Labute approximate surface area is 160 Å². The first-order valence-electron chi connectivity index (χ1n) is 10.1. The molecule has 27 heavy (non-hydrogen) atoms. The summed E-state index contributed by atoms with van der Waals surface area (Å²) >= 11 is 0. The molecule has 1 aliphatic carbocycles. The van der Waals surface area contributed by atoms with Crippen LogP contribution in [0, 0.1) is 0 Å². The molecule has 0 unspecified atom stereocenters. The van der Waals surface area contributed by atoms with Crippen molar-refractivity contribution in [1.82, 2.24) is 9.88 Å². The van der Waals surface area contributed by atoms with Gasteiger partial charge in [0.1, 0.15) is 5.75 Å². The first-order valence-corrected chi connectivity index (χ1v) is 10.1. The monoisotopic (exact) mass is 370 g/mol. The van der Waals surface area contributed by atoms with Gasteiger partial charge >= 0.3 is 0 Å². The topological polar surface area (TPSA) is 62.4 Å². The van der Waals surface area contributed by atoms with Crippen LogP contribution in [0.5, 0.6) is 5.75 Å². The number of pyridine rings is 1. The highest BCUT2D eigenvalue weighted by molar-refractivity contribution is 5.79. The number of benzene rings is 1. The number of aromatic nitrogens is 1. The van der Waals surface area contributed by atoms with Crippen LogP contribution in [0.2, 0.25) is 0 Å². The largest absolute Gasteiger partial charge is 0.494 e. The normalized spacial score (nSPS) is 15.9. The molecule has 1 aromatic carbocycles. The fourth-order valence-electron chi connectivity index (χ4n) is 3.84. The molecule has 2 aromatic rings. The highest BCUT2D eigenvalue weighted by Gasteiger charge is 2.20. The number of hydrogen-bond acceptors (Lipinski definition) is 3. The van der Waals surface area contributed by atoms with E-state index in [-0.39, 0.29) is 11.5 Å². The van der Waals surface area contributed by atoms with Crippen molar-refractivity contribution in [3.8, 4) is 5.75 Å². The zero-order valence-corrected chi connectivity index (χ0v) is 16.2. The smallest absolute Gasteiger partial charge is 0.248 e. The SMILES string of the molecule is CN(C(=O)CCCOc1ccc2[nH]c(=O)ccc2c1)C1CCCCCCC1. The third-order valence-corrected chi connectivity index (χ3v) is 5.51. The number of ether oxygens (including phenoxy) is 1. The lowest BCUT2D eigenvalue weighted by atomic mass is 9.95. The zero-order valence-electron chi connectivity index (χ0n) is 16.2.